The number of nitrogens with one attached hydrogen (secondary N) is 2. The molecular formula is C22H16Cl2N2O4S2. The smallest absolute Gasteiger partial charge is 0.262 e. The number of fused-ring (bicyclic) bond motifs is 1. The average molecular weight is 507 g/mol. The van der Waals surface area contributed by atoms with Crippen LogP contribution in [0.5, 0.6) is 0 Å². The van der Waals surface area contributed by atoms with E-state index in [0.717, 1.165) is 0 Å². The van der Waals surface area contributed by atoms with Crippen LogP contribution in [-0.2, 0) is 20.0 Å². The maximum atomic E-state index is 13.1. The van der Waals surface area contributed by atoms with Crippen LogP contribution >= 0.6 is 23.2 Å². The minimum atomic E-state index is -4.02. The normalized spacial score (nSPS) is 11.9. The third-order valence-electron chi connectivity index (χ3n) is 4.57. The van der Waals surface area contributed by atoms with E-state index in [9.17, 15) is 16.8 Å². The highest BCUT2D eigenvalue weighted by Crippen LogP contribution is 2.31. The lowest BCUT2D eigenvalue weighted by Gasteiger charge is -2.14. The summed E-state index contributed by atoms with van der Waals surface area (Å²) >= 11 is 11.9. The van der Waals surface area contributed by atoms with E-state index in [-0.39, 0.29) is 20.6 Å². The summed E-state index contributed by atoms with van der Waals surface area (Å²) in [7, 11) is -8.05. The second-order valence-electron chi connectivity index (χ2n) is 6.84. The van der Waals surface area contributed by atoms with E-state index in [1.807, 2.05) is 0 Å². The molecule has 32 heavy (non-hydrogen) atoms. The van der Waals surface area contributed by atoms with E-state index in [1.165, 1.54) is 36.4 Å². The molecule has 0 heterocycles. The number of sulfonamides is 2. The Kier molecular flexibility index (Phi) is 6.05. The molecule has 4 aromatic carbocycles. The summed E-state index contributed by atoms with van der Waals surface area (Å²) in [6.07, 6.45) is 0. The summed E-state index contributed by atoms with van der Waals surface area (Å²) in [4.78, 5) is -0.121. The van der Waals surface area contributed by atoms with Crippen LogP contribution in [0.2, 0.25) is 10.0 Å². The molecule has 0 aliphatic heterocycles. The molecule has 2 N–H and O–H groups in total. The van der Waals surface area contributed by atoms with Gasteiger partial charge >= 0.3 is 0 Å². The molecule has 0 bridgehead atoms. The summed E-state index contributed by atoms with van der Waals surface area (Å²) in [5.74, 6) is 0. The van der Waals surface area contributed by atoms with Gasteiger partial charge in [0.1, 0.15) is 0 Å². The Labute approximate surface area is 195 Å². The fourth-order valence-electron chi connectivity index (χ4n) is 3.25. The third-order valence-corrected chi connectivity index (χ3v) is 7.92. The van der Waals surface area contributed by atoms with Gasteiger partial charge < -0.3 is 0 Å². The summed E-state index contributed by atoms with van der Waals surface area (Å²) in [5, 5.41) is 1.28. The summed E-state index contributed by atoms with van der Waals surface area (Å²) in [6.45, 7) is 0. The zero-order valence-corrected chi connectivity index (χ0v) is 19.4. The van der Waals surface area contributed by atoms with Crippen molar-refractivity contribution in [1.29, 1.82) is 0 Å². The molecule has 164 valence electrons. The van der Waals surface area contributed by atoms with E-state index in [0.29, 0.717) is 21.4 Å². The molecule has 0 aliphatic carbocycles. The summed E-state index contributed by atoms with van der Waals surface area (Å²) in [6, 6.07) is 21.5. The van der Waals surface area contributed by atoms with Crippen LogP contribution < -0.4 is 9.44 Å². The summed E-state index contributed by atoms with van der Waals surface area (Å²) < 4.78 is 57.3. The Hall–Kier alpha value is -2.78. The number of anilines is 2. The first kappa shape index (κ1) is 22.4. The van der Waals surface area contributed by atoms with E-state index in [2.05, 4.69) is 9.44 Å². The van der Waals surface area contributed by atoms with Crippen LogP contribution in [0, 0.1) is 0 Å². The highest BCUT2D eigenvalue weighted by Gasteiger charge is 2.22. The molecule has 0 radical (unpaired) electrons. The van der Waals surface area contributed by atoms with Crippen molar-refractivity contribution in [3.63, 3.8) is 0 Å². The topological polar surface area (TPSA) is 92.3 Å². The Morgan fingerprint density at radius 1 is 0.531 bits per heavy atom. The molecule has 0 amide bonds. The van der Waals surface area contributed by atoms with E-state index in [4.69, 9.17) is 23.2 Å². The van der Waals surface area contributed by atoms with Gasteiger partial charge in [0, 0.05) is 20.8 Å². The van der Waals surface area contributed by atoms with Crippen LogP contribution in [0.4, 0.5) is 11.4 Å². The first-order valence-electron chi connectivity index (χ1n) is 9.24. The predicted octanol–water partition coefficient (Wildman–Crippen LogP) is 5.75. The molecule has 4 aromatic rings. The molecule has 0 spiro atoms. The molecule has 0 unspecified atom stereocenters. The molecule has 10 heteroatoms. The fourth-order valence-corrected chi connectivity index (χ4v) is 6.17. The Bertz CT molecular complexity index is 1420. The maximum Gasteiger partial charge on any atom is 0.262 e. The Morgan fingerprint density at radius 3 is 1.28 bits per heavy atom. The van der Waals surface area contributed by atoms with Gasteiger partial charge in [0.25, 0.3) is 20.0 Å². The number of hydrogen-bond acceptors (Lipinski definition) is 4. The van der Waals surface area contributed by atoms with Crippen LogP contribution in [0.1, 0.15) is 0 Å². The lowest BCUT2D eigenvalue weighted by molar-refractivity contribution is 0.599. The molecule has 0 aliphatic rings. The van der Waals surface area contributed by atoms with Crippen molar-refractivity contribution in [2.45, 2.75) is 9.79 Å². The fraction of sp³-hybridized carbons (Fsp3) is 0. The van der Waals surface area contributed by atoms with Crippen molar-refractivity contribution >= 4 is 65.4 Å². The van der Waals surface area contributed by atoms with Gasteiger partial charge in [-0.3, -0.25) is 9.44 Å². The first-order valence-corrected chi connectivity index (χ1v) is 13.0. The van der Waals surface area contributed by atoms with Crippen molar-refractivity contribution in [2.75, 3.05) is 9.44 Å². The lowest BCUT2D eigenvalue weighted by Crippen LogP contribution is -2.15. The van der Waals surface area contributed by atoms with Crippen LogP contribution in [-0.4, -0.2) is 16.8 Å². The van der Waals surface area contributed by atoms with Crippen molar-refractivity contribution in [1.82, 2.24) is 0 Å². The molecule has 0 atom stereocenters. The van der Waals surface area contributed by atoms with Crippen LogP contribution in [0.25, 0.3) is 10.8 Å². The average Bonchev–Trinajstić information content (AvgIpc) is 2.72. The van der Waals surface area contributed by atoms with Gasteiger partial charge in [0.15, 0.2) is 0 Å². The van der Waals surface area contributed by atoms with Gasteiger partial charge in [-0.1, -0.05) is 59.6 Å². The van der Waals surface area contributed by atoms with Crippen molar-refractivity contribution < 1.29 is 16.8 Å². The number of hydrogen-bond donors (Lipinski definition) is 2. The maximum absolute atomic E-state index is 13.1. The van der Waals surface area contributed by atoms with Gasteiger partial charge in [0.2, 0.25) is 0 Å². The Morgan fingerprint density at radius 2 is 0.906 bits per heavy atom. The first-order chi connectivity index (χ1) is 15.2. The van der Waals surface area contributed by atoms with E-state index < -0.39 is 20.0 Å². The number of rotatable bonds is 6. The molecule has 0 fully saturated rings. The largest absolute Gasteiger partial charge is 0.280 e. The number of halogens is 2. The minimum Gasteiger partial charge on any atom is -0.280 e. The van der Waals surface area contributed by atoms with E-state index in [1.54, 1.807) is 48.5 Å². The second-order valence-corrected chi connectivity index (χ2v) is 11.0. The van der Waals surface area contributed by atoms with Crippen molar-refractivity contribution in [3.05, 3.63) is 95.0 Å². The standard InChI is InChI=1S/C22H16Cl2N2O4S2/c23-15-5-1-7-17(13-15)25-31(27,28)21-11-3-10-20-19(21)9-4-12-22(20)32(29,30)26-18-8-2-6-16(24)14-18/h1-14,25-26H. The molecular weight excluding hydrogens is 491 g/mol. The Balaban J connectivity index is 1.79. The lowest BCUT2D eigenvalue weighted by atomic mass is 10.1. The second kappa shape index (κ2) is 8.63. The van der Waals surface area contributed by atoms with Gasteiger partial charge in [-0.15, -0.1) is 0 Å². The van der Waals surface area contributed by atoms with Crippen LogP contribution in [0.3, 0.4) is 0 Å². The van der Waals surface area contributed by atoms with Crippen LogP contribution in [0.15, 0.2) is 94.7 Å². The van der Waals surface area contributed by atoms with Gasteiger partial charge in [-0.25, -0.2) is 16.8 Å². The quantitative estimate of drug-likeness (QED) is 0.348. The monoisotopic (exact) mass is 506 g/mol. The summed E-state index contributed by atoms with van der Waals surface area (Å²) in [5.41, 5.74) is 0.585. The highest BCUT2D eigenvalue weighted by molar-refractivity contribution is 7.93. The van der Waals surface area contributed by atoms with E-state index >= 15 is 0 Å². The molecule has 0 saturated heterocycles. The number of benzene rings is 4. The molecule has 0 saturated carbocycles. The van der Waals surface area contributed by atoms with Gasteiger partial charge in [0.05, 0.1) is 21.2 Å². The SMILES string of the molecule is O=S(=O)(Nc1cccc(Cl)c1)c1cccc2c(S(=O)(=O)Nc3cccc(Cl)c3)cccc12. The van der Waals surface area contributed by atoms with Crippen molar-refractivity contribution in [2.24, 2.45) is 0 Å². The molecule has 4 rings (SSSR count). The minimum absolute atomic E-state index is 0.0604. The molecule has 6 nitrogen and oxygen atoms in total. The van der Waals surface area contributed by atoms with Gasteiger partial charge in [-0.2, -0.15) is 0 Å². The third kappa shape index (κ3) is 4.68. The molecule has 0 aromatic heterocycles. The highest BCUT2D eigenvalue weighted by atomic mass is 35.5. The van der Waals surface area contributed by atoms with Gasteiger partial charge in [-0.05, 0) is 48.5 Å². The van der Waals surface area contributed by atoms with Crippen molar-refractivity contribution in [3.8, 4) is 0 Å². The zero-order chi connectivity index (χ0) is 22.9. The zero-order valence-electron chi connectivity index (χ0n) is 16.3. The predicted molar refractivity (Wildman–Crippen MR) is 128 cm³/mol.